The Morgan fingerprint density at radius 2 is 1.58 bits per heavy atom. The molecule has 1 aliphatic rings. The van der Waals surface area contributed by atoms with Crippen LogP contribution in [0.25, 0.3) is 0 Å². The van der Waals surface area contributed by atoms with Crippen LogP contribution in [0.15, 0.2) is 0 Å². The van der Waals surface area contributed by atoms with Crippen LogP contribution in [-0.4, -0.2) is 50.1 Å². The molecule has 0 aromatic carbocycles. The van der Waals surface area contributed by atoms with Crippen molar-refractivity contribution >= 4 is 0 Å². The largest absolute Gasteiger partial charge is 0.308 e. The molecule has 0 aromatic rings. The lowest BCUT2D eigenvalue weighted by Gasteiger charge is -2.17. The van der Waals surface area contributed by atoms with Gasteiger partial charge < -0.3 is 9.80 Å². The van der Waals surface area contributed by atoms with E-state index in [9.17, 15) is 0 Å². The van der Waals surface area contributed by atoms with E-state index in [0.717, 1.165) is 0 Å². The number of likely N-dealkylation sites (N-methyl/N-ethyl adjacent to an activating group) is 1. The van der Waals surface area contributed by atoms with Crippen molar-refractivity contribution in [2.45, 2.75) is 26.7 Å². The van der Waals surface area contributed by atoms with E-state index in [1.165, 1.54) is 39.0 Å². The van der Waals surface area contributed by atoms with Gasteiger partial charge in [0.15, 0.2) is 0 Å². The van der Waals surface area contributed by atoms with Gasteiger partial charge in [-0.05, 0) is 40.0 Å². The summed E-state index contributed by atoms with van der Waals surface area (Å²) in [7, 11) is 4.27. The molecule has 0 amide bonds. The first-order valence-corrected chi connectivity index (χ1v) is 5.16. The van der Waals surface area contributed by atoms with Crippen LogP contribution in [0.5, 0.6) is 0 Å². The highest BCUT2D eigenvalue weighted by Crippen LogP contribution is 2.05. The van der Waals surface area contributed by atoms with Gasteiger partial charge in [0, 0.05) is 13.1 Å². The summed E-state index contributed by atoms with van der Waals surface area (Å²) in [6, 6.07) is 0. The zero-order valence-electron chi connectivity index (χ0n) is 9.14. The van der Waals surface area contributed by atoms with Gasteiger partial charge in [-0.1, -0.05) is 13.8 Å². The van der Waals surface area contributed by atoms with Crippen LogP contribution in [0.3, 0.4) is 0 Å². The minimum absolute atomic E-state index is 1.21. The fourth-order valence-corrected chi connectivity index (χ4v) is 1.35. The first-order valence-electron chi connectivity index (χ1n) is 5.16. The maximum atomic E-state index is 2.54. The van der Waals surface area contributed by atoms with E-state index in [2.05, 4.69) is 23.9 Å². The van der Waals surface area contributed by atoms with E-state index in [4.69, 9.17) is 0 Å². The van der Waals surface area contributed by atoms with Gasteiger partial charge in [0.2, 0.25) is 0 Å². The lowest BCUT2D eigenvalue weighted by atomic mass is 10.4. The van der Waals surface area contributed by atoms with Gasteiger partial charge >= 0.3 is 0 Å². The maximum absolute atomic E-state index is 2.54. The van der Waals surface area contributed by atoms with E-state index in [0.29, 0.717) is 0 Å². The Morgan fingerprint density at radius 1 is 1.08 bits per heavy atom. The van der Waals surface area contributed by atoms with Crippen LogP contribution >= 0.6 is 0 Å². The van der Waals surface area contributed by atoms with Crippen molar-refractivity contribution in [1.29, 1.82) is 0 Å². The Morgan fingerprint density at radius 3 is 2.00 bits per heavy atom. The molecule has 0 aromatic heterocycles. The highest BCUT2D eigenvalue weighted by Gasteiger charge is 2.10. The molecular formula is C10H24N2. The van der Waals surface area contributed by atoms with Crippen LogP contribution in [0.2, 0.25) is 0 Å². The third-order valence-corrected chi connectivity index (χ3v) is 2.06. The van der Waals surface area contributed by atoms with Crippen LogP contribution < -0.4 is 0 Å². The van der Waals surface area contributed by atoms with E-state index in [-0.39, 0.29) is 0 Å². The molecule has 2 heteroatoms. The Hall–Kier alpha value is -0.0800. The van der Waals surface area contributed by atoms with Gasteiger partial charge in [0.1, 0.15) is 0 Å². The standard InChI is InChI=1S/C8H18N2.C2H6/c1-9(2)7-8-10-5-3-4-6-10;1-2/h3-8H2,1-2H3;1-2H3. The third kappa shape index (κ3) is 5.56. The molecule has 0 spiro atoms. The number of rotatable bonds is 3. The van der Waals surface area contributed by atoms with Gasteiger partial charge in [-0.15, -0.1) is 0 Å². The topological polar surface area (TPSA) is 6.48 Å². The van der Waals surface area contributed by atoms with Crippen LogP contribution in [0, 0.1) is 0 Å². The summed E-state index contributed by atoms with van der Waals surface area (Å²) in [5.74, 6) is 0. The summed E-state index contributed by atoms with van der Waals surface area (Å²) in [6.07, 6.45) is 2.82. The predicted molar refractivity (Wildman–Crippen MR) is 55.6 cm³/mol. The monoisotopic (exact) mass is 172 g/mol. The predicted octanol–water partition coefficient (Wildman–Crippen LogP) is 1.67. The third-order valence-electron chi connectivity index (χ3n) is 2.06. The van der Waals surface area contributed by atoms with Crippen LogP contribution in [0.4, 0.5) is 0 Å². The van der Waals surface area contributed by atoms with Crippen molar-refractivity contribution < 1.29 is 0 Å². The Labute approximate surface area is 77.5 Å². The van der Waals surface area contributed by atoms with E-state index < -0.39 is 0 Å². The summed E-state index contributed by atoms with van der Waals surface area (Å²) in [6.45, 7) is 9.12. The Kier molecular flexibility index (Phi) is 7.51. The number of hydrogen-bond donors (Lipinski definition) is 0. The van der Waals surface area contributed by atoms with Crippen molar-refractivity contribution in [3.8, 4) is 0 Å². The Bertz CT molecular complexity index is 85.8. The molecule has 1 rings (SSSR count). The number of likely N-dealkylation sites (tertiary alicyclic amines) is 1. The molecule has 2 nitrogen and oxygen atoms in total. The zero-order chi connectivity index (χ0) is 9.40. The SMILES string of the molecule is CC.CN(C)CCN1CCCC1. The molecule has 0 radical (unpaired) electrons. The highest BCUT2D eigenvalue weighted by molar-refractivity contribution is 4.66. The van der Waals surface area contributed by atoms with Gasteiger partial charge in [0.25, 0.3) is 0 Å². The Balaban J connectivity index is 0.000000561. The molecule has 0 saturated carbocycles. The van der Waals surface area contributed by atoms with Crippen molar-refractivity contribution in [2.24, 2.45) is 0 Å². The second kappa shape index (κ2) is 7.56. The van der Waals surface area contributed by atoms with Gasteiger partial charge in [-0.2, -0.15) is 0 Å². The molecule has 1 saturated heterocycles. The summed E-state index contributed by atoms with van der Waals surface area (Å²) in [4.78, 5) is 4.79. The van der Waals surface area contributed by atoms with Gasteiger partial charge in [0.05, 0.1) is 0 Å². The quantitative estimate of drug-likeness (QED) is 0.639. The molecule has 1 heterocycles. The molecular weight excluding hydrogens is 148 g/mol. The first-order chi connectivity index (χ1) is 5.79. The zero-order valence-corrected chi connectivity index (χ0v) is 9.14. The van der Waals surface area contributed by atoms with E-state index >= 15 is 0 Å². The van der Waals surface area contributed by atoms with Crippen molar-refractivity contribution in [3.05, 3.63) is 0 Å². The lowest BCUT2D eigenvalue weighted by Crippen LogP contribution is -2.29. The van der Waals surface area contributed by atoms with Crippen LogP contribution in [-0.2, 0) is 0 Å². The van der Waals surface area contributed by atoms with Crippen LogP contribution in [0.1, 0.15) is 26.7 Å². The second-order valence-corrected chi connectivity index (χ2v) is 3.35. The molecule has 74 valence electrons. The first kappa shape index (κ1) is 11.9. The molecule has 1 fully saturated rings. The molecule has 1 aliphatic heterocycles. The van der Waals surface area contributed by atoms with Crippen molar-refractivity contribution in [1.82, 2.24) is 9.80 Å². The second-order valence-electron chi connectivity index (χ2n) is 3.35. The van der Waals surface area contributed by atoms with Gasteiger partial charge in [-0.25, -0.2) is 0 Å². The minimum atomic E-state index is 1.21. The maximum Gasteiger partial charge on any atom is 0.0109 e. The van der Waals surface area contributed by atoms with E-state index in [1.807, 2.05) is 13.8 Å². The normalized spacial score (nSPS) is 17.8. The molecule has 0 aliphatic carbocycles. The van der Waals surface area contributed by atoms with E-state index in [1.54, 1.807) is 0 Å². The average Bonchev–Trinajstić information content (AvgIpc) is 2.56. The molecule has 0 bridgehead atoms. The van der Waals surface area contributed by atoms with Crippen molar-refractivity contribution in [2.75, 3.05) is 40.3 Å². The molecule has 0 atom stereocenters. The fourth-order valence-electron chi connectivity index (χ4n) is 1.35. The number of hydrogen-bond acceptors (Lipinski definition) is 2. The smallest absolute Gasteiger partial charge is 0.0109 e. The lowest BCUT2D eigenvalue weighted by molar-refractivity contribution is 0.284. The minimum Gasteiger partial charge on any atom is -0.308 e. The summed E-state index contributed by atoms with van der Waals surface area (Å²) < 4.78 is 0. The molecule has 0 unspecified atom stereocenters. The highest BCUT2D eigenvalue weighted by atomic mass is 15.2. The summed E-state index contributed by atoms with van der Waals surface area (Å²) in [5.41, 5.74) is 0. The molecule has 0 N–H and O–H groups in total. The molecule has 12 heavy (non-hydrogen) atoms. The summed E-state index contributed by atoms with van der Waals surface area (Å²) >= 11 is 0. The fraction of sp³-hybridized carbons (Fsp3) is 1.00. The number of nitrogens with zero attached hydrogens (tertiary/aromatic N) is 2. The average molecular weight is 172 g/mol. The van der Waals surface area contributed by atoms with Gasteiger partial charge in [-0.3, -0.25) is 0 Å². The van der Waals surface area contributed by atoms with Crippen molar-refractivity contribution in [3.63, 3.8) is 0 Å². The summed E-state index contributed by atoms with van der Waals surface area (Å²) in [5, 5.41) is 0.